The third-order valence-electron chi connectivity index (χ3n) is 6.28. The maximum atomic E-state index is 9.19. The molecule has 0 amide bonds. The van der Waals surface area contributed by atoms with Crippen LogP contribution in [0.1, 0.15) is 56.7 Å². The lowest BCUT2D eigenvalue weighted by atomic mass is 9.72. The van der Waals surface area contributed by atoms with Crippen LogP contribution >= 0.6 is 11.8 Å². The molecule has 1 fully saturated rings. The second-order valence-corrected chi connectivity index (χ2v) is 11.4. The van der Waals surface area contributed by atoms with Crippen molar-refractivity contribution < 1.29 is 13.0 Å². The smallest absolute Gasteiger partial charge is 0.261 e. The van der Waals surface area contributed by atoms with Crippen molar-refractivity contribution in [3.8, 4) is 0 Å². The van der Waals surface area contributed by atoms with E-state index in [0.717, 1.165) is 11.8 Å². The van der Waals surface area contributed by atoms with Crippen LogP contribution in [0.25, 0.3) is 10.9 Å². The van der Waals surface area contributed by atoms with Gasteiger partial charge in [0.2, 0.25) is 0 Å². The summed E-state index contributed by atoms with van der Waals surface area (Å²) in [6.45, 7) is 9.49. The van der Waals surface area contributed by atoms with Gasteiger partial charge in [-0.05, 0) is 74.8 Å². The molecule has 30 heavy (non-hydrogen) atoms. The van der Waals surface area contributed by atoms with E-state index in [1.165, 1.54) is 43.6 Å². The molecule has 7 heteroatoms. The van der Waals surface area contributed by atoms with Crippen molar-refractivity contribution in [2.24, 2.45) is 5.92 Å². The number of aromatic nitrogens is 1. The van der Waals surface area contributed by atoms with Crippen LogP contribution in [0.5, 0.6) is 0 Å². The topological polar surface area (TPSA) is 62.5 Å². The Balaban J connectivity index is 0.000000461. The van der Waals surface area contributed by atoms with Gasteiger partial charge in [-0.2, -0.15) is 20.2 Å². The molecule has 0 bridgehead atoms. The summed E-state index contributed by atoms with van der Waals surface area (Å²) in [5, 5.41) is 1.58. The molecule has 2 aromatic rings. The standard InChI is InChI=1S/C22H32N2S.CH4O3S/c1-5-9-23-12-16(14-25-4)10-19-18-7-6-8-20-22(18)17(11-21(19)23)13-24(20)15(2)3;1-5(2,3)4/h6-8,13,15-16,19,21H,5,9-12,14H2,1-4H3;1H3,(H,2,3,4)/t16-,19?,21-;/m1./s1. The Morgan fingerprint density at radius 2 is 2.00 bits per heavy atom. The van der Waals surface area contributed by atoms with E-state index in [0.29, 0.717) is 18.3 Å². The number of hydrogen-bond donors (Lipinski definition) is 1. The first kappa shape index (κ1) is 23.6. The van der Waals surface area contributed by atoms with Gasteiger partial charge in [-0.1, -0.05) is 19.1 Å². The molecule has 1 unspecified atom stereocenters. The van der Waals surface area contributed by atoms with Crippen LogP contribution in [0.4, 0.5) is 0 Å². The maximum absolute atomic E-state index is 9.19. The Morgan fingerprint density at radius 3 is 2.60 bits per heavy atom. The van der Waals surface area contributed by atoms with E-state index < -0.39 is 10.1 Å². The van der Waals surface area contributed by atoms with Crippen LogP contribution in [-0.4, -0.2) is 59.8 Å². The van der Waals surface area contributed by atoms with Gasteiger partial charge in [0, 0.05) is 41.6 Å². The van der Waals surface area contributed by atoms with Crippen molar-refractivity contribution in [2.45, 2.75) is 58.0 Å². The quantitative estimate of drug-likeness (QED) is 0.659. The van der Waals surface area contributed by atoms with Gasteiger partial charge >= 0.3 is 0 Å². The van der Waals surface area contributed by atoms with Crippen LogP contribution in [0.3, 0.4) is 0 Å². The van der Waals surface area contributed by atoms with Crippen molar-refractivity contribution in [1.82, 2.24) is 9.47 Å². The highest BCUT2D eigenvalue weighted by atomic mass is 32.2. The van der Waals surface area contributed by atoms with Gasteiger partial charge in [0.05, 0.1) is 6.26 Å². The lowest BCUT2D eigenvalue weighted by molar-refractivity contribution is 0.0926. The zero-order valence-electron chi connectivity index (χ0n) is 18.8. The number of likely N-dealkylation sites (tertiary alicyclic amines) is 1. The molecule has 2 aliphatic rings. The van der Waals surface area contributed by atoms with E-state index in [2.05, 4.69) is 60.9 Å². The number of thioether (sulfide) groups is 1. The first-order chi connectivity index (χ1) is 14.1. The fraction of sp³-hybridized carbons (Fsp3) is 0.652. The van der Waals surface area contributed by atoms with Gasteiger partial charge in [0.1, 0.15) is 0 Å². The molecule has 0 radical (unpaired) electrons. The molecule has 1 aliphatic heterocycles. The summed E-state index contributed by atoms with van der Waals surface area (Å²) < 4.78 is 28.4. The van der Waals surface area contributed by atoms with Crippen molar-refractivity contribution in [3.05, 3.63) is 35.5 Å². The molecule has 4 rings (SSSR count). The molecular weight excluding hydrogens is 416 g/mol. The van der Waals surface area contributed by atoms with Crippen LogP contribution in [-0.2, 0) is 16.5 Å². The lowest BCUT2D eigenvalue weighted by Crippen LogP contribution is -2.50. The van der Waals surface area contributed by atoms with Crippen molar-refractivity contribution >= 4 is 32.8 Å². The zero-order valence-corrected chi connectivity index (χ0v) is 20.5. The van der Waals surface area contributed by atoms with Crippen LogP contribution < -0.4 is 0 Å². The highest BCUT2D eigenvalue weighted by molar-refractivity contribution is 7.98. The molecule has 1 aromatic heterocycles. The lowest BCUT2D eigenvalue weighted by Gasteiger charge is -2.47. The molecular formula is C23H36N2O3S2. The Bertz CT molecular complexity index is 960. The minimum atomic E-state index is -3.67. The predicted octanol–water partition coefficient (Wildman–Crippen LogP) is 4.83. The fourth-order valence-electron chi connectivity index (χ4n) is 5.36. The number of rotatable bonds is 5. The summed E-state index contributed by atoms with van der Waals surface area (Å²) in [4.78, 5) is 2.82. The minimum absolute atomic E-state index is 0.530. The molecule has 5 nitrogen and oxygen atoms in total. The molecule has 1 aromatic carbocycles. The molecule has 0 spiro atoms. The van der Waals surface area contributed by atoms with Gasteiger partial charge in [0.25, 0.3) is 10.1 Å². The predicted molar refractivity (Wildman–Crippen MR) is 128 cm³/mol. The fourth-order valence-corrected chi connectivity index (χ4v) is 6.07. The van der Waals surface area contributed by atoms with Gasteiger partial charge in [-0.15, -0.1) is 0 Å². The second-order valence-electron chi connectivity index (χ2n) is 9.06. The van der Waals surface area contributed by atoms with E-state index in [4.69, 9.17) is 4.55 Å². The van der Waals surface area contributed by atoms with Crippen molar-refractivity contribution in [1.29, 1.82) is 0 Å². The Kier molecular flexibility index (Phi) is 7.59. The molecule has 2 heterocycles. The third kappa shape index (κ3) is 5.23. The normalized spacial score (nSPS) is 23.9. The number of benzene rings is 1. The molecule has 3 atom stereocenters. The van der Waals surface area contributed by atoms with Crippen LogP contribution in [0, 0.1) is 5.92 Å². The summed E-state index contributed by atoms with van der Waals surface area (Å²) in [6.07, 6.45) is 9.30. The minimum Gasteiger partial charge on any atom is -0.345 e. The summed E-state index contributed by atoms with van der Waals surface area (Å²) in [5.74, 6) is 2.86. The van der Waals surface area contributed by atoms with E-state index >= 15 is 0 Å². The van der Waals surface area contributed by atoms with Gasteiger partial charge in [-0.3, -0.25) is 9.45 Å². The number of hydrogen-bond acceptors (Lipinski definition) is 4. The Labute approximate surface area is 186 Å². The number of piperidine rings is 1. The third-order valence-corrected chi connectivity index (χ3v) is 7.09. The van der Waals surface area contributed by atoms with Crippen LogP contribution in [0.15, 0.2) is 24.4 Å². The monoisotopic (exact) mass is 452 g/mol. The summed E-state index contributed by atoms with van der Waals surface area (Å²) in [5.41, 5.74) is 4.68. The summed E-state index contributed by atoms with van der Waals surface area (Å²) in [7, 11) is -3.67. The van der Waals surface area contributed by atoms with E-state index in [-0.39, 0.29) is 0 Å². The number of fused-ring (bicyclic) bond motifs is 2. The van der Waals surface area contributed by atoms with E-state index in [1.54, 1.807) is 16.5 Å². The number of nitrogens with zero attached hydrogens (tertiary/aromatic N) is 2. The van der Waals surface area contributed by atoms with Gasteiger partial charge in [0.15, 0.2) is 0 Å². The first-order valence-corrected chi connectivity index (χ1v) is 14.2. The summed E-state index contributed by atoms with van der Waals surface area (Å²) >= 11 is 2.02. The largest absolute Gasteiger partial charge is 0.345 e. The van der Waals surface area contributed by atoms with Crippen molar-refractivity contribution in [2.75, 3.05) is 31.4 Å². The zero-order chi connectivity index (χ0) is 22.1. The van der Waals surface area contributed by atoms with E-state index in [9.17, 15) is 8.42 Å². The molecule has 1 saturated heterocycles. The van der Waals surface area contributed by atoms with Crippen molar-refractivity contribution in [3.63, 3.8) is 0 Å². The average molecular weight is 453 g/mol. The highest BCUT2D eigenvalue weighted by Gasteiger charge is 2.40. The Hall–Kier alpha value is -1.02. The second kappa shape index (κ2) is 9.63. The SMILES string of the molecule is CCCN1C[C@H](CSC)CC2c3cccc4c3c(cn4C(C)C)C[C@H]21.CS(=O)(=O)O. The van der Waals surface area contributed by atoms with E-state index in [1.807, 2.05) is 11.8 Å². The molecule has 168 valence electrons. The highest BCUT2D eigenvalue weighted by Crippen LogP contribution is 2.46. The first-order valence-electron chi connectivity index (χ1n) is 10.9. The molecule has 1 aliphatic carbocycles. The average Bonchev–Trinajstić information content (AvgIpc) is 3.02. The van der Waals surface area contributed by atoms with Crippen LogP contribution in [0.2, 0.25) is 0 Å². The maximum Gasteiger partial charge on any atom is 0.261 e. The van der Waals surface area contributed by atoms with Gasteiger partial charge < -0.3 is 4.57 Å². The van der Waals surface area contributed by atoms with Gasteiger partial charge in [-0.25, -0.2) is 0 Å². The summed E-state index contributed by atoms with van der Waals surface area (Å²) in [6, 6.07) is 8.29. The molecule has 0 saturated carbocycles. The molecule has 1 N–H and O–H groups in total. The Morgan fingerprint density at radius 1 is 1.30 bits per heavy atom.